The van der Waals surface area contributed by atoms with Crippen LogP contribution in [0, 0.1) is 5.92 Å². The first kappa shape index (κ1) is 14.2. The second-order valence-corrected chi connectivity index (χ2v) is 5.74. The van der Waals surface area contributed by atoms with Crippen molar-refractivity contribution in [1.82, 2.24) is 10.2 Å². The van der Waals surface area contributed by atoms with Crippen molar-refractivity contribution >= 4 is 12.0 Å². The first-order chi connectivity index (χ1) is 9.13. The number of carboxylic acids is 1. The molecule has 0 aromatic carbocycles. The van der Waals surface area contributed by atoms with Crippen molar-refractivity contribution in [3.8, 4) is 0 Å². The molecule has 19 heavy (non-hydrogen) atoms. The van der Waals surface area contributed by atoms with Crippen molar-refractivity contribution in [2.24, 2.45) is 5.92 Å². The zero-order chi connectivity index (χ0) is 13.8. The third kappa shape index (κ3) is 3.61. The van der Waals surface area contributed by atoms with E-state index >= 15 is 0 Å². The molecule has 2 amide bonds. The molecule has 2 N–H and O–H groups in total. The van der Waals surface area contributed by atoms with E-state index in [2.05, 4.69) is 12.2 Å². The number of likely N-dealkylation sites (tertiary alicyclic amines) is 1. The van der Waals surface area contributed by atoms with Crippen LogP contribution in [0.15, 0.2) is 0 Å². The van der Waals surface area contributed by atoms with E-state index in [0.29, 0.717) is 18.9 Å². The van der Waals surface area contributed by atoms with E-state index in [1.165, 1.54) is 4.90 Å². The summed E-state index contributed by atoms with van der Waals surface area (Å²) in [6, 6.07) is -0.561. The van der Waals surface area contributed by atoms with Gasteiger partial charge in [0.15, 0.2) is 0 Å². The molecule has 3 unspecified atom stereocenters. The average molecular weight is 268 g/mol. The lowest BCUT2D eigenvalue weighted by atomic mass is 10.1. The Morgan fingerprint density at radius 1 is 1.32 bits per heavy atom. The van der Waals surface area contributed by atoms with E-state index in [9.17, 15) is 14.7 Å². The van der Waals surface area contributed by atoms with Crippen LogP contribution in [0.2, 0.25) is 0 Å². The van der Waals surface area contributed by atoms with Crippen molar-refractivity contribution in [3.63, 3.8) is 0 Å². The smallest absolute Gasteiger partial charge is 0.326 e. The summed E-state index contributed by atoms with van der Waals surface area (Å²) < 4.78 is 0. The van der Waals surface area contributed by atoms with Crippen LogP contribution in [0.4, 0.5) is 4.79 Å². The van der Waals surface area contributed by atoms with Gasteiger partial charge in [-0.3, -0.25) is 0 Å². The second-order valence-electron chi connectivity index (χ2n) is 5.74. The Hall–Kier alpha value is -1.26. The van der Waals surface area contributed by atoms with E-state index in [1.54, 1.807) is 0 Å². The maximum absolute atomic E-state index is 12.2. The molecule has 2 rings (SSSR count). The molecular formula is C14H24N2O3. The number of rotatable bonds is 4. The highest BCUT2D eigenvalue weighted by Gasteiger charge is 2.39. The summed E-state index contributed by atoms with van der Waals surface area (Å²) in [7, 11) is 0. The average Bonchev–Trinajstić information content (AvgIpc) is 3.11. The first-order valence-corrected chi connectivity index (χ1v) is 7.43. The molecule has 0 spiro atoms. The van der Waals surface area contributed by atoms with Gasteiger partial charge in [-0.05, 0) is 31.6 Å². The summed E-state index contributed by atoms with van der Waals surface area (Å²) in [6.45, 7) is 2.71. The van der Waals surface area contributed by atoms with Gasteiger partial charge in [0.05, 0.1) is 0 Å². The number of carbonyl (C=O) groups excluding carboxylic acids is 1. The summed E-state index contributed by atoms with van der Waals surface area (Å²) in [5.74, 6) is -0.276. The maximum Gasteiger partial charge on any atom is 0.326 e. The first-order valence-electron chi connectivity index (χ1n) is 7.43. The highest BCUT2D eigenvalue weighted by molar-refractivity contribution is 5.83. The summed E-state index contributed by atoms with van der Waals surface area (Å²) in [5.41, 5.74) is 0. The third-order valence-electron chi connectivity index (χ3n) is 4.19. The zero-order valence-corrected chi connectivity index (χ0v) is 11.6. The zero-order valence-electron chi connectivity index (χ0n) is 11.6. The van der Waals surface area contributed by atoms with Crippen LogP contribution in [-0.4, -0.2) is 40.6 Å². The van der Waals surface area contributed by atoms with Gasteiger partial charge in [0.2, 0.25) is 0 Å². The molecule has 3 atom stereocenters. The molecule has 2 aliphatic rings. The minimum Gasteiger partial charge on any atom is -0.480 e. The van der Waals surface area contributed by atoms with Gasteiger partial charge in [-0.25, -0.2) is 9.59 Å². The van der Waals surface area contributed by atoms with Crippen molar-refractivity contribution in [2.45, 2.75) is 64.0 Å². The van der Waals surface area contributed by atoms with Gasteiger partial charge in [-0.2, -0.15) is 0 Å². The van der Waals surface area contributed by atoms with Gasteiger partial charge >= 0.3 is 12.0 Å². The van der Waals surface area contributed by atoms with E-state index in [1.807, 2.05) is 0 Å². The van der Waals surface area contributed by atoms with Crippen LogP contribution in [0.3, 0.4) is 0 Å². The summed E-state index contributed by atoms with van der Waals surface area (Å²) >= 11 is 0. The molecule has 5 nitrogen and oxygen atoms in total. The summed E-state index contributed by atoms with van der Waals surface area (Å²) in [5, 5.41) is 12.2. The van der Waals surface area contributed by atoms with Crippen molar-refractivity contribution in [1.29, 1.82) is 0 Å². The van der Waals surface area contributed by atoms with Crippen molar-refractivity contribution in [3.05, 3.63) is 0 Å². The Kier molecular flexibility index (Phi) is 4.66. The Bertz CT molecular complexity index is 346. The van der Waals surface area contributed by atoms with Gasteiger partial charge in [0, 0.05) is 12.6 Å². The number of nitrogens with zero attached hydrogens (tertiary/aromatic N) is 1. The molecule has 5 heteroatoms. The second kappa shape index (κ2) is 6.26. The maximum atomic E-state index is 12.2. The molecule has 1 saturated carbocycles. The molecular weight excluding hydrogens is 244 g/mol. The fourth-order valence-electron chi connectivity index (χ4n) is 2.96. The molecule has 0 bridgehead atoms. The molecule has 1 aliphatic heterocycles. The normalized spacial score (nSPS) is 30.6. The Balaban J connectivity index is 1.90. The molecule has 0 aromatic heterocycles. The molecule has 1 aliphatic carbocycles. The Morgan fingerprint density at radius 2 is 2.11 bits per heavy atom. The standard InChI is InChI=1S/C14H24N2O3/c1-2-6-10-9-11(10)15-14(19)16-8-5-3-4-7-12(16)13(17)18/h10-12H,2-9H2,1H3,(H,15,19)(H,17,18). The number of urea groups is 1. The lowest BCUT2D eigenvalue weighted by molar-refractivity contribution is -0.142. The molecule has 2 fully saturated rings. The van der Waals surface area contributed by atoms with Crippen LogP contribution >= 0.6 is 0 Å². The quantitative estimate of drug-likeness (QED) is 0.821. The minimum absolute atomic E-state index is 0.182. The van der Waals surface area contributed by atoms with Crippen molar-refractivity contribution < 1.29 is 14.7 Å². The van der Waals surface area contributed by atoms with Gasteiger partial charge in [0.1, 0.15) is 6.04 Å². The topological polar surface area (TPSA) is 69.6 Å². The Labute approximate surface area is 114 Å². The monoisotopic (exact) mass is 268 g/mol. The van der Waals surface area contributed by atoms with Crippen LogP contribution in [0.1, 0.15) is 51.9 Å². The largest absolute Gasteiger partial charge is 0.480 e. The highest BCUT2D eigenvalue weighted by atomic mass is 16.4. The Morgan fingerprint density at radius 3 is 2.79 bits per heavy atom. The van der Waals surface area contributed by atoms with Gasteiger partial charge < -0.3 is 15.3 Å². The van der Waals surface area contributed by atoms with Gasteiger partial charge in [-0.15, -0.1) is 0 Å². The fraction of sp³-hybridized carbons (Fsp3) is 0.857. The van der Waals surface area contributed by atoms with Crippen LogP contribution in [-0.2, 0) is 4.79 Å². The molecule has 1 saturated heterocycles. The molecule has 108 valence electrons. The lowest BCUT2D eigenvalue weighted by Gasteiger charge is -2.27. The number of carboxylic acid groups (broad SMARTS) is 1. The number of aliphatic carboxylic acids is 1. The number of carbonyl (C=O) groups is 2. The third-order valence-corrected chi connectivity index (χ3v) is 4.19. The van der Waals surface area contributed by atoms with E-state index < -0.39 is 12.0 Å². The minimum atomic E-state index is -0.877. The number of amides is 2. The van der Waals surface area contributed by atoms with E-state index in [0.717, 1.165) is 38.5 Å². The number of hydrogen-bond acceptors (Lipinski definition) is 2. The van der Waals surface area contributed by atoms with Crippen molar-refractivity contribution in [2.75, 3.05) is 6.54 Å². The van der Waals surface area contributed by atoms with Crippen LogP contribution in [0.5, 0.6) is 0 Å². The predicted octanol–water partition coefficient (Wildman–Crippen LogP) is 2.21. The van der Waals surface area contributed by atoms with Crippen LogP contribution in [0.25, 0.3) is 0 Å². The predicted molar refractivity (Wildman–Crippen MR) is 71.9 cm³/mol. The van der Waals surface area contributed by atoms with Gasteiger partial charge in [-0.1, -0.05) is 26.2 Å². The molecule has 0 aromatic rings. The molecule has 1 heterocycles. The number of hydrogen-bond donors (Lipinski definition) is 2. The summed E-state index contributed by atoms with van der Waals surface area (Å²) in [6.07, 6.45) is 6.71. The number of nitrogens with one attached hydrogen (secondary N) is 1. The van der Waals surface area contributed by atoms with Gasteiger partial charge in [0.25, 0.3) is 0 Å². The SMILES string of the molecule is CCCC1CC1NC(=O)N1CCCCCC1C(=O)O. The van der Waals surface area contributed by atoms with E-state index in [4.69, 9.17) is 0 Å². The lowest BCUT2D eigenvalue weighted by Crippen LogP contribution is -2.50. The molecule has 0 radical (unpaired) electrons. The highest BCUT2D eigenvalue weighted by Crippen LogP contribution is 2.34. The summed E-state index contributed by atoms with van der Waals surface area (Å²) in [4.78, 5) is 25.0. The van der Waals surface area contributed by atoms with Crippen LogP contribution < -0.4 is 5.32 Å². The fourth-order valence-corrected chi connectivity index (χ4v) is 2.96. The van der Waals surface area contributed by atoms with E-state index in [-0.39, 0.29) is 12.1 Å².